The fourth-order valence-corrected chi connectivity index (χ4v) is 2.20. The molecule has 0 fully saturated rings. The van der Waals surface area contributed by atoms with E-state index in [1.165, 1.54) is 5.56 Å². The number of aromatic nitrogens is 2. The summed E-state index contributed by atoms with van der Waals surface area (Å²) >= 11 is 0. The molecule has 1 aromatic heterocycles. The van der Waals surface area contributed by atoms with Crippen molar-refractivity contribution in [2.45, 2.75) is 13.5 Å². The highest BCUT2D eigenvalue weighted by Crippen LogP contribution is 2.28. The zero-order valence-corrected chi connectivity index (χ0v) is 12.5. The van der Waals surface area contributed by atoms with E-state index in [0.717, 1.165) is 11.3 Å². The fraction of sp³-hybridized carbons (Fsp3) is 0.176. The Labute approximate surface area is 129 Å². The van der Waals surface area contributed by atoms with E-state index in [4.69, 9.17) is 9.15 Å². The second-order valence-electron chi connectivity index (χ2n) is 4.87. The van der Waals surface area contributed by atoms with Gasteiger partial charge in [-0.1, -0.05) is 30.3 Å². The Morgan fingerprint density at radius 2 is 1.82 bits per heavy atom. The molecular weight excluding hydrogens is 278 g/mol. The molecule has 3 aromatic rings. The number of benzene rings is 2. The number of nitrogens with zero attached hydrogens (tertiary/aromatic N) is 2. The molecule has 0 aliphatic carbocycles. The molecule has 0 aliphatic rings. The lowest BCUT2D eigenvalue weighted by atomic mass is 10.2. The van der Waals surface area contributed by atoms with Crippen LogP contribution in [-0.2, 0) is 6.54 Å². The Morgan fingerprint density at radius 3 is 2.64 bits per heavy atom. The van der Waals surface area contributed by atoms with Crippen LogP contribution in [0.2, 0.25) is 0 Å². The first-order valence-corrected chi connectivity index (χ1v) is 7.03. The summed E-state index contributed by atoms with van der Waals surface area (Å²) in [5, 5.41) is 11.5. The van der Waals surface area contributed by atoms with Gasteiger partial charge < -0.3 is 14.5 Å². The number of nitrogens with one attached hydrogen (secondary N) is 1. The van der Waals surface area contributed by atoms with Gasteiger partial charge in [0.05, 0.1) is 19.2 Å². The summed E-state index contributed by atoms with van der Waals surface area (Å²) in [6, 6.07) is 15.6. The zero-order valence-electron chi connectivity index (χ0n) is 12.5. The van der Waals surface area contributed by atoms with Gasteiger partial charge in [-0.3, -0.25) is 0 Å². The van der Waals surface area contributed by atoms with Crippen LogP contribution in [0.25, 0.3) is 11.5 Å². The van der Waals surface area contributed by atoms with Crippen LogP contribution in [0.1, 0.15) is 11.5 Å². The second-order valence-corrected chi connectivity index (χ2v) is 4.87. The molecule has 0 spiro atoms. The lowest BCUT2D eigenvalue weighted by molar-refractivity contribution is 0.413. The van der Waals surface area contributed by atoms with Gasteiger partial charge in [-0.05, 0) is 30.7 Å². The Bertz CT molecular complexity index is 768. The second kappa shape index (κ2) is 6.30. The molecule has 0 bridgehead atoms. The molecule has 112 valence electrons. The van der Waals surface area contributed by atoms with Gasteiger partial charge in [-0.2, -0.15) is 0 Å². The molecule has 0 radical (unpaired) electrons. The van der Waals surface area contributed by atoms with Gasteiger partial charge >= 0.3 is 0 Å². The molecule has 5 heteroatoms. The van der Waals surface area contributed by atoms with Crippen molar-refractivity contribution >= 4 is 5.69 Å². The summed E-state index contributed by atoms with van der Waals surface area (Å²) in [4.78, 5) is 0. The van der Waals surface area contributed by atoms with Gasteiger partial charge in [0.25, 0.3) is 5.89 Å². The fourth-order valence-electron chi connectivity index (χ4n) is 2.20. The van der Waals surface area contributed by atoms with E-state index in [-0.39, 0.29) is 0 Å². The predicted octanol–water partition coefficient (Wildman–Crippen LogP) is 3.67. The molecule has 1 heterocycles. The number of anilines is 1. The van der Waals surface area contributed by atoms with Crippen LogP contribution in [0.15, 0.2) is 52.9 Å². The first kappa shape index (κ1) is 14.1. The molecule has 0 unspecified atom stereocenters. The van der Waals surface area contributed by atoms with Crippen LogP contribution >= 0.6 is 0 Å². The summed E-state index contributed by atoms with van der Waals surface area (Å²) in [5.74, 6) is 1.70. The van der Waals surface area contributed by atoms with Gasteiger partial charge in [0.15, 0.2) is 0 Å². The topological polar surface area (TPSA) is 60.2 Å². The largest absolute Gasteiger partial charge is 0.496 e. The molecular formula is C17H17N3O2. The summed E-state index contributed by atoms with van der Waals surface area (Å²) in [6.07, 6.45) is 0. The molecule has 1 N–H and O–H groups in total. The van der Waals surface area contributed by atoms with Crippen molar-refractivity contribution in [3.63, 3.8) is 0 Å². The Hall–Kier alpha value is -2.82. The van der Waals surface area contributed by atoms with Crippen LogP contribution in [0.4, 0.5) is 5.69 Å². The lowest BCUT2D eigenvalue weighted by Crippen LogP contribution is -2.00. The standard InChI is InChI=1S/C17H17N3O2/c1-12-7-3-5-9-14(12)18-11-16-19-20-17(22-16)13-8-4-6-10-15(13)21-2/h3-10,18H,11H2,1-2H3. The van der Waals surface area contributed by atoms with Crippen LogP contribution in [0.3, 0.4) is 0 Å². The Balaban J connectivity index is 1.75. The average molecular weight is 295 g/mol. The molecule has 2 aromatic carbocycles. The van der Waals surface area contributed by atoms with Crippen molar-refractivity contribution in [2.24, 2.45) is 0 Å². The number of hydrogen-bond donors (Lipinski definition) is 1. The third-order valence-corrected chi connectivity index (χ3v) is 3.38. The Kier molecular flexibility index (Phi) is 4.05. The van der Waals surface area contributed by atoms with E-state index < -0.39 is 0 Å². The molecule has 0 saturated heterocycles. The van der Waals surface area contributed by atoms with Crippen molar-refractivity contribution in [3.05, 3.63) is 60.0 Å². The van der Waals surface area contributed by atoms with E-state index in [2.05, 4.69) is 28.5 Å². The molecule has 0 amide bonds. The molecule has 0 saturated carbocycles. The van der Waals surface area contributed by atoms with Crippen LogP contribution in [0, 0.1) is 6.92 Å². The van der Waals surface area contributed by atoms with E-state index >= 15 is 0 Å². The highest BCUT2D eigenvalue weighted by Gasteiger charge is 2.12. The van der Waals surface area contributed by atoms with Crippen LogP contribution < -0.4 is 10.1 Å². The van der Waals surface area contributed by atoms with Crippen LogP contribution in [-0.4, -0.2) is 17.3 Å². The summed E-state index contributed by atoms with van der Waals surface area (Å²) in [5.41, 5.74) is 3.02. The van der Waals surface area contributed by atoms with Crippen molar-refractivity contribution in [2.75, 3.05) is 12.4 Å². The maximum absolute atomic E-state index is 5.71. The minimum atomic E-state index is 0.457. The number of methoxy groups -OCH3 is 1. The molecule has 5 nitrogen and oxygen atoms in total. The average Bonchev–Trinajstić information content (AvgIpc) is 3.03. The van der Waals surface area contributed by atoms with Crippen molar-refractivity contribution in [3.8, 4) is 17.2 Å². The maximum atomic E-state index is 5.71. The van der Waals surface area contributed by atoms with Crippen molar-refractivity contribution < 1.29 is 9.15 Å². The highest BCUT2D eigenvalue weighted by atomic mass is 16.5. The first-order valence-electron chi connectivity index (χ1n) is 7.03. The minimum absolute atomic E-state index is 0.457. The van der Waals surface area contributed by atoms with Crippen LogP contribution in [0.5, 0.6) is 5.75 Å². The monoisotopic (exact) mass is 295 g/mol. The number of para-hydroxylation sites is 2. The third kappa shape index (κ3) is 2.93. The van der Waals surface area contributed by atoms with Gasteiger partial charge in [-0.25, -0.2) is 0 Å². The van der Waals surface area contributed by atoms with Gasteiger partial charge in [-0.15, -0.1) is 10.2 Å². The number of rotatable bonds is 5. The minimum Gasteiger partial charge on any atom is -0.496 e. The normalized spacial score (nSPS) is 10.5. The highest BCUT2D eigenvalue weighted by molar-refractivity contribution is 5.62. The molecule has 22 heavy (non-hydrogen) atoms. The lowest BCUT2D eigenvalue weighted by Gasteiger charge is -2.06. The van der Waals surface area contributed by atoms with Crippen molar-refractivity contribution in [1.29, 1.82) is 0 Å². The van der Waals surface area contributed by atoms with E-state index in [9.17, 15) is 0 Å². The predicted molar refractivity (Wildman–Crippen MR) is 84.8 cm³/mol. The van der Waals surface area contributed by atoms with Gasteiger partial charge in [0.1, 0.15) is 5.75 Å². The summed E-state index contributed by atoms with van der Waals surface area (Å²) < 4.78 is 11.0. The van der Waals surface area contributed by atoms with E-state index in [0.29, 0.717) is 24.1 Å². The van der Waals surface area contributed by atoms with E-state index in [1.807, 2.05) is 42.5 Å². The number of ether oxygens (including phenoxy) is 1. The smallest absolute Gasteiger partial charge is 0.251 e. The Morgan fingerprint density at radius 1 is 1.05 bits per heavy atom. The van der Waals surface area contributed by atoms with Gasteiger partial charge in [0.2, 0.25) is 5.89 Å². The van der Waals surface area contributed by atoms with E-state index in [1.54, 1.807) is 7.11 Å². The first-order chi connectivity index (χ1) is 10.8. The third-order valence-electron chi connectivity index (χ3n) is 3.38. The summed E-state index contributed by atoms with van der Waals surface area (Å²) in [7, 11) is 1.62. The number of hydrogen-bond acceptors (Lipinski definition) is 5. The maximum Gasteiger partial charge on any atom is 0.251 e. The van der Waals surface area contributed by atoms with Gasteiger partial charge in [0, 0.05) is 5.69 Å². The quantitative estimate of drug-likeness (QED) is 0.778. The molecule has 0 atom stereocenters. The molecule has 3 rings (SSSR count). The zero-order chi connectivity index (χ0) is 15.4. The SMILES string of the molecule is COc1ccccc1-c1nnc(CNc2ccccc2C)o1. The number of aryl methyl sites for hydroxylation is 1. The van der Waals surface area contributed by atoms with Crippen molar-refractivity contribution in [1.82, 2.24) is 10.2 Å². The molecule has 0 aliphatic heterocycles. The summed E-state index contributed by atoms with van der Waals surface area (Å²) in [6.45, 7) is 2.53.